The second kappa shape index (κ2) is 30.3. The van der Waals surface area contributed by atoms with Gasteiger partial charge in [0.1, 0.15) is 39.7 Å². The van der Waals surface area contributed by atoms with E-state index in [-0.39, 0.29) is 89.5 Å². The largest absolute Gasteiger partial charge is 0.347 e. The number of amides is 6. The zero-order valence-electron chi connectivity index (χ0n) is 48.9. The number of nitrogens with one attached hydrogen (secondary N) is 3. The zero-order valence-corrected chi connectivity index (χ0v) is 49.6. The Bertz CT molecular complexity index is 3650. The Morgan fingerprint density at radius 3 is 1.23 bits per heavy atom. The second-order valence-corrected chi connectivity index (χ2v) is 20.1. The van der Waals surface area contributed by atoms with Gasteiger partial charge in [-0.05, 0) is 102 Å². The van der Waals surface area contributed by atoms with Crippen molar-refractivity contribution >= 4 is 81.2 Å². The van der Waals surface area contributed by atoms with Gasteiger partial charge in [-0.1, -0.05) is 68.8 Å². The van der Waals surface area contributed by atoms with Gasteiger partial charge >= 0.3 is 0 Å². The van der Waals surface area contributed by atoms with Crippen molar-refractivity contribution in [3.8, 4) is 0 Å². The monoisotopic (exact) mass is 1210 g/mol. The molecule has 3 aromatic heterocycles. The third-order valence-electron chi connectivity index (χ3n) is 13.9. The van der Waals surface area contributed by atoms with Crippen molar-refractivity contribution in [2.24, 2.45) is 15.0 Å². The molecule has 0 radical (unpaired) electrons. The van der Waals surface area contributed by atoms with Crippen molar-refractivity contribution in [1.29, 1.82) is 0 Å². The maximum absolute atomic E-state index is 14.5. The summed E-state index contributed by atoms with van der Waals surface area (Å²) in [6.07, 6.45) is 11.7. The Morgan fingerprint density at radius 2 is 0.874 bits per heavy atom. The van der Waals surface area contributed by atoms with E-state index in [4.69, 9.17) is 11.6 Å². The Morgan fingerprint density at radius 1 is 0.494 bits per heavy atom. The van der Waals surface area contributed by atoms with Crippen LogP contribution in [-0.4, -0.2) is 88.7 Å². The summed E-state index contributed by atoms with van der Waals surface area (Å²) in [5.41, 5.74) is 7.58. The molecule has 87 heavy (non-hydrogen) atoms. The fourth-order valence-electron chi connectivity index (χ4n) is 8.77. The lowest BCUT2D eigenvalue weighted by molar-refractivity contribution is -0.118. The summed E-state index contributed by atoms with van der Waals surface area (Å²) >= 11 is 5.98. The molecule has 0 fully saturated rings. The number of carbonyl (C=O) groups is 6. The lowest BCUT2D eigenvalue weighted by Crippen LogP contribution is -2.26. The van der Waals surface area contributed by atoms with Crippen molar-refractivity contribution in [3.05, 3.63) is 213 Å². The predicted octanol–water partition coefficient (Wildman–Crippen LogP) is 10.1. The zero-order chi connectivity index (χ0) is 62.9. The van der Waals surface area contributed by atoms with Crippen LogP contribution in [0.4, 0.5) is 34.6 Å². The average molecular weight is 1210 g/mol. The molecule has 3 aromatic carbocycles. The number of rotatable bonds is 18. The maximum Gasteiger partial charge on any atom is 0.269 e. The summed E-state index contributed by atoms with van der Waals surface area (Å²) in [6, 6.07) is 24.1. The first-order valence-electron chi connectivity index (χ1n) is 27.7. The number of nitrogens with zero attached hydrogens (tertiary/aromatic N) is 9. The lowest BCUT2D eigenvalue weighted by atomic mass is 10.1. The molecule has 0 saturated carbocycles. The molecule has 3 N–H and O–H groups in total. The number of pyridine rings is 3. The number of hydrogen-bond donors (Lipinski definition) is 3. The molecule has 18 nitrogen and oxygen atoms in total. The molecule has 0 aliphatic carbocycles. The number of aliphatic imine (C=N–C) groups is 3. The molecule has 450 valence electrons. The van der Waals surface area contributed by atoms with Gasteiger partial charge in [-0.15, -0.1) is 0 Å². The van der Waals surface area contributed by atoms with Gasteiger partial charge in [0.2, 0.25) is 23.7 Å². The quantitative estimate of drug-likeness (QED) is 0.0549. The molecule has 6 heterocycles. The van der Waals surface area contributed by atoms with E-state index in [1.807, 2.05) is 19.1 Å². The van der Waals surface area contributed by atoms with E-state index in [1.165, 1.54) is 65.3 Å². The molecule has 6 aromatic rings. The normalized spacial score (nSPS) is 13.0. The number of aryl methyl sites for hydroxylation is 1. The minimum absolute atomic E-state index is 0.0121. The van der Waals surface area contributed by atoms with E-state index in [0.717, 1.165) is 11.3 Å². The highest BCUT2D eigenvalue weighted by Gasteiger charge is 2.24. The number of aromatic nitrogens is 3. The van der Waals surface area contributed by atoms with E-state index < -0.39 is 29.3 Å². The summed E-state index contributed by atoms with van der Waals surface area (Å²) in [5, 5.41) is 8.49. The summed E-state index contributed by atoms with van der Waals surface area (Å²) in [6.45, 7) is 7.63. The third-order valence-corrected chi connectivity index (χ3v) is 14.2. The summed E-state index contributed by atoms with van der Waals surface area (Å²) in [4.78, 5) is 101. The molecule has 0 unspecified atom stereocenters. The predicted molar refractivity (Wildman–Crippen MR) is 326 cm³/mol. The van der Waals surface area contributed by atoms with E-state index in [1.54, 1.807) is 107 Å². The van der Waals surface area contributed by atoms with Crippen LogP contribution >= 0.6 is 11.6 Å². The molecule has 23 heteroatoms. The maximum atomic E-state index is 14.5. The number of hydrogen-bond acceptors (Lipinski definition) is 12. The third kappa shape index (κ3) is 17.0. The van der Waals surface area contributed by atoms with E-state index in [2.05, 4.69) is 45.9 Å². The van der Waals surface area contributed by atoms with Gasteiger partial charge in [0.15, 0.2) is 0 Å². The Hall–Kier alpha value is -9.83. The van der Waals surface area contributed by atoms with Gasteiger partial charge in [0.05, 0.1) is 34.2 Å². The standard InChI is InChI=1S/C22H23FN4O2.C21H20ClFN4O2.C21H20F2N4O2/c1-4-21(28)27(3)20-10-7-16(11-17(20)23)18-8-9-19(26-18)22(29)25-13-15-6-5-14(2)24-12-15;1-3-19(28)27(2)18-9-6-13(11-15(18)23)16-7-8-17(26-16)21(29)25-12-14-5-4-10-24-20(14)22;1-3-19(28)27(2)18-9-6-13(11-15(18)22)16-7-8-17(26-16)21(29)25-12-14-5-4-10-24-20(14)23/h5-7,9-12H,4,8,13H2,1-3H3,(H,25,29);2*4-6,8-11H,3,7,12H2,1-2H3,(H,25,29). The van der Waals surface area contributed by atoms with E-state index in [9.17, 15) is 46.3 Å². The topological polar surface area (TPSA) is 224 Å². The van der Waals surface area contributed by atoms with Crippen molar-refractivity contribution in [3.63, 3.8) is 0 Å². The van der Waals surface area contributed by atoms with Crippen LogP contribution in [0.15, 0.2) is 160 Å². The van der Waals surface area contributed by atoms with Gasteiger partial charge in [0, 0.05) is 115 Å². The van der Waals surface area contributed by atoms with Crippen molar-refractivity contribution in [2.75, 3.05) is 35.8 Å². The van der Waals surface area contributed by atoms with Crippen LogP contribution in [0.3, 0.4) is 0 Å². The molecule has 3 aliphatic rings. The van der Waals surface area contributed by atoms with Gasteiger partial charge < -0.3 is 30.7 Å². The van der Waals surface area contributed by atoms with Crippen LogP contribution in [0.25, 0.3) is 0 Å². The Balaban J connectivity index is 0.000000186. The molecular weight excluding hydrogens is 1140 g/mol. The van der Waals surface area contributed by atoms with Gasteiger partial charge in [0.25, 0.3) is 17.7 Å². The van der Waals surface area contributed by atoms with Gasteiger partial charge in [-0.3, -0.25) is 33.8 Å². The lowest BCUT2D eigenvalue weighted by Gasteiger charge is -2.17. The number of anilines is 3. The average Bonchev–Trinajstić information content (AvgIpc) is 3.36. The van der Waals surface area contributed by atoms with Crippen LogP contribution in [0.2, 0.25) is 5.15 Å². The highest BCUT2D eigenvalue weighted by atomic mass is 35.5. The van der Waals surface area contributed by atoms with Crippen molar-refractivity contribution in [1.82, 2.24) is 30.9 Å². The summed E-state index contributed by atoms with van der Waals surface area (Å²) in [5.74, 6) is -3.81. The minimum atomic E-state index is -0.639. The first-order valence-corrected chi connectivity index (χ1v) is 28.0. The number of carbonyl (C=O) groups excluding carboxylic acids is 6. The summed E-state index contributed by atoms with van der Waals surface area (Å²) in [7, 11) is 4.60. The van der Waals surface area contributed by atoms with Crippen LogP contribution in [0, 0.1) is 30.3 Å². The number of benzene rings is 3. The molecule has 0 saturated heterocycles. The van der Waals surface area contributed by atoms with Gasteiger partial charge in [-0.25, -0.2) is 38.1 Å². The smallest absolute Gasteiger partial charge is 0.269 e. The van der Waals surface area contributed by atoms with Crippen LogP contribution in [0.5, 0.6) is 0 Å². The highest BCUT2D eigenvalue weighted by Crippen LogP contribution is 2.27. The van der Waals surface area contributed by atoms with Crippen molar-refractivity contribution in [2.45, 2.75) is 85.9 Å². The molecule has 0 atom stereocenters. The molecular formula is C64H63ClF4N12O6. The summed E-state index contributed by atoms with van der Waals surface area (Å²) < 4.78 is 57.0. The first kappa shape index (κ1) is 64.7. The van der Waals surface area contributed by atoms with Crippen LogP contribution in [0.1, 0.15) is 98.4 Å². The molecule has 0 bridgehead atoms. The molecule has 0 spiro atoms. The SMILES string of the molecule is CCC(=O)N(C)c1ccc(C2=NC(C(=O)NCc3ccc(C)nc3)=CC2)cc1F.CCC(=O)N(C)c1ccc(C2=NC(C(=O)NCc3cccnc3Cl)=CC2)cc1F.CCC(=O)N(C)c1ccc(C2=NC(C(=O)NCc3cccnc3F)=CC2)cc1F. The van der Waals surface area contributed by atoms with E-state index >= 15 is 0 Å². The van der Waals surface area contributed by atoms with Gasteiger partial charge in [-0.2, -0.15) is 4.39 Å². The molecule has 6 amide bonds. The van der Waals surface area contributed by atoms with Crippen LogP contribution in [-0.2, 0) is 48.4 Å². The number of halogens is 5. The highest BCUT2D eigenvalue weighted by molar-refractivity contribution is 6.30. The first-order chi connectivity index (χ1) is 41.7. The molecule has 3 aliphatic heterocycles. The fraction of sp³-hybridized carbons (Fsp3) is 0.250. The minimum Gasteiger partial charge on any atom is -0.347 e. The number of allylic oxidation sites excluding steroid dienone is 3. The second-order valence-electron chi connectivity index (χ2n) is 19.7. The molecule has 9 rings (SSSR count). The Labute approximate surface area is 505 Å². The fourth-order valence-corrected chi connectivity index (χ4v) is 8.95. The Kier molecular flexibility index (Phi) is 22.5. The van der Waals surface area contributed by atoms with Crippen molar-refractivity contribution < 1.29 is 46.3 Å². The van der Waals surface area contributed by atoms with Crippen LogP contribution < -0.4 is 30.7 Å². The van der Waals surface area contributed by atoms with E-state index in [0.29, 0.717) is 82.5 Å².